The van der Waals surface area contributed by atoms with Crippen LogP contribution in [-0.4, -0.2) is 27.1 Å². The van der Waals surface area contributed by atoms with Crippen molar-refractivity contribution in [1.82, 2.24) is 10.2 Å². The average Bonchev–Trinajstić information content (AvgIpc) is 2.81. The Balaban J connectivity index is 2.41. The number of carboxylic acid groups (broad SMARTS) is 1. The zero-order valence-electron chi connectivity index (χ0n) is 8.78. The molecular formula is C11H6F2N2O3. The number of rotatable bonds is 3. The van der Waals surface area contributed by atoms with Crippen molar-refractivity contribution in [2.45, 2.75) is 0 Å². The molecule has 0 atom stereocenters. The normalized spacial score (nSPS) is 10.3. The number of aromatic carboxylic acids is 1. The van der Waals surface area contributed by atoms with Crippen LogP contribution < -0.4 is 0 Å². The van der Waals surface area contributed by atoms with Gasteiger partial charge in [0.1, 0.15) is 23.0 Å². The van der Waals surface area contributed by atoms with Crippen LogP contribution in [0, 0.1) is 11.6 Å². The third kappa shape index (κ3) is 2.10. The van der Waals surface area contributed by atoms with Gasteiger partial charge in [0.2, 0.25) is 5.78 Å². The summed E-state index contributed by atoms with van der Waals surface area (Å²) >= 11 is 0. The summed E-state index contributed by atoms with van der Waals surface area (Å²) in [6.45, 7) is 0. The van der Waals surface area contributed by atoms with Crippen molar-refractivity contribution in [2.24, 2.45) is 0 Å². The summed E-state index contributed by atoms with van der Waals surface area (Å²) in [6.07, 6.45) is 0. The number of carboxylic acids is 1. The number of hydrogen-bond donors (Lipinski definition) is 2. The minimum absolute atomic E-state index is 0.295. The lowest BCUT2D eigenvalue weighted by molar-refractivity contribution is 0.0690. The summed E-state index contributed by atoms with van der Waals surface area (Å²) in [5.74, 6) is -3.87. The van der Waals surface area contributed by atoms with Gasteiger partial charge in [0.05, 0.1) is 5.56 Å². The van der Waals surface area contributed by atoms with E-state index < -0.39 is 29.0 Å². The van der Waals surface area contributed by atoms with E-state index in [1.165, 1.54) is 0 Å². The van der Waals surface area contributed by atoms with Crippen molar-refractivity contribution in [3.8, 4) is 0 Å². The molecule has 0 spiro atoms. The highest BCUT2D eigenvalue weighted by atomic mass is 19.1. The molecule has 2 N–H and O–H groups in total. The summed E-state index contributed by atoms with van der Waals surface area (Å²) in [7, 11) is 0. The number of carbonyl (C=O) groups is 2. The van der Waals surface area contributed by atoms with Gasteiger partial charge >= 0.3 is 5.97 Å². The van der Waals surface area contributed by atoms with Crippen LogP contribution in [0.25, 0.3) is 0 Å². The minimum atomic E-state index is -1.30. The van der Waals surface area contributed by atoms with Crippen molar-refractivity contribution in [3.05, 3.63) is 52.9 Å². The quantitative estimate of drug-likeness (QED) is 0.813. The Morgan fingerprint density at radius 3 is 2.56 bits per heavy atom. The molecule has 0 amide bonds. The number of aromatic amines is 1. The number of nitrogens with zero attached hydrogens (tertiary/aromatic N) is 1. The number of carbonyl (C=O) groups excluding carboxylic acids is 1. The number of benzene rings is 1. The molecule has 1 aromatic carbocycles. The standard InChI is InChI=1S/C11H6F2N2O3/c12-5-1-2-7(13)6(3-5)10(16)8-4-9(11(17)18)15-14-8/h1-4H,(H,14,15)(H,17,18). The van der Waals surface area contributed by atoms with Crippen LogP contribution in [-0.2, 0) is 0 Å². The molecule has 7 heteroatoms. The SMILES string of the molecule is O=C(O)c1cc(C(=O)c2cc(F)ccc2F)n[nH]1. The molecule has 0 saturated heterocycles. The van der Waals surface area contributed by atoms with Crippen LogP contribution in [0.2, 0.25) is 0 Å². The molecule has 92 valence electrons. The van der Waals surface area contributed by atoms with E-state index >= 15 is 0 Å². The van der Waals surface area contributed by atoms with Crippen molar-refractivity contribution >= 4 is 11.8 Å². The maximum Gasteiger partial charge on any atom is 0.353 e. The fraction of sp³-hybridized carbons (Fsp3) is 0. The third-order valence-electron chi connectivity index (χ3n) is 2.21. The second-order valence-corrected chi connectivity index (χ2v) is 3.43. The van der Waals surface area contributed by atoms with Gasteiger partial charge in [-0.25, -0.2) is 13.6 Å². The van der Waals surface area contributed by atoms with Gasteiger partial charge in [0.25, 0.3) is 0 Å². The zero-order valence-corrected chi connectivity index (χ0v) is 8.78. The van der Waals surface area contributed by atoms with Gasteiger partial charge in [0, 0.05) is 6.07 Å². The highest BCUT2D eigenvalue weighted by molar-refractivity contribution is 6.08. The van der Waals surface area contributed by atoms with Crippen molar-refractivity contribution < 1.29 is 23.5 Å². The number of nitrogens with one attached hydrogen (secondary N) is 1. The first-order chi connectivity index (χ1) is 8.49. The Labute approximate surface area is 99.1 Å². The molecule has 0 aliphatic carbocycles. The summed E-state index contributed by atoms with van der Waals surface area (Å²) in [4.78, 5) is 22.4. The number of ketones is 1. The van der Waals surface area contributed by atoms with Crippen molar-refractivity contribution in [2.75, 3.05) is 0 Å². The van der Waals surface area contributed by atoms with E-state index in [1.807, 2.05) is 0 Å². The fourth-order valence-electron chi connectivity index (χ4n) is 1.36. The molecule has 0 saturated carbocycles. The van der Waals surface area contributed by atoms with E-state index in [0.29, 0.717) is 0 Å². The topological polar surface area (TPSA) is 83.0 Å². The van der Waals surface area contributed by atoms with Crippen LogP contribution >= 0.6 is 0 Å². The van der Waals surface area contributed by atoms with Gasteiger partial charge in [-0.1, -0.05) is 0 Å². The lowest BCUT2D eigenvalue weighted by Gasteiger charge is -1.99. The van der Waals surface area contributed by atoms with Gasteiger partial charge in [-0.05, 0) is 18.2 Å². The van der Waals surface area contributed by atoms with E-state index in [2.05, 4.69) is 10.2 Å². The molecule has 0 aliphatic rings. The Hall–Kier alpha value is -2.57. The van der Waals surface area contributed by atoms with Crippen LogP contribution in [0.15, 0.2) is 24.3 Å². The first-order valence-electron chi connectivity index (χ1n) is 4.77. The molecule has 18 heavy (non-hydrogen) atoms. The number of hydrogen-bond acceptors (Lipinski definition) is 3. The molecule has 0 unspecified atom stereocenters. The average molecular weight is 252 g/mol. The molecule has 0 fully saturated rings. The molecule has 0 aliphatic heterocycles. The van der Waals surface area contributed by atoms with Gasteiger partial charge in [-0.2, -0.15) is 5.10 Å². The Morgan fingerprint density at radius 1 is 1.22 bits per heavy atom. The molecular weight excluding hydrogens is 246 g/mol. The number of H-pyrrole nitrogens is 1. The third-order valence-corrected chi connectivity index (χ3v) is 2.21. The van der Waals surface area contributed by atoms with Gasteiger partial charge in [-0.15, -0.1) is 0 Å². The van der Waals surface area contributed by atoms with E-state index in [0.717, 1.165) is 24.3 Å². The van der Waals surface area contributed by atoms with Crippen LogP contribution in [0.4, 0.5) is 8.78 Å². The Bertz CT molecular complexity index is 637. The molecule has 1 heterocycles. The van der Waals surface area contributed by atoms with E-state index in [9.17, 15) is 18.4 Å². The van der Waals surface area contributed by atoms with Crippen LogP contribution in [0.5, 0.6) is 0 Å². The Morgan fingerprint density at radius 2 is 1.94 bits per heavy atom. The largest absolute Gasteiger partial charge is 0.477 e. The van der Waals surface area contributed by atoms with Crippen molar-refractivity contribution in [1.29, 1.82) is 0 Å². The number of aromatic nitrogens is 2. The smallest absolute Gasteiger partial charge is 0.353 e. The second-order valence-electron chi connectivity index (χ2n) is 3.43. The highest BCUT2D eigenvalue weighted by Crippen LogP contribution is 2.14. The van der Waals surface area contributed by atoms with Gasteiger partial charge in [0.15, 0.2) is 0 Å². The molecule has 0 bridgehead atoms. The Kier molecular flexibility index (Phi) is 2.88. The predicted octanol–water partition coefficient (Wildman–Crippen LogP) is 1.62. The molecule has 5 nitrogen and oxygen atoms in total. The molecule has 2 rings (SSSR count). The van der Waals surface area contributed by atoms with Gasteiger partial charge < -0.3 is 5.11 Å². The summed E-state index contributed by atoms with van der Waals surface area (Å²) in [5.41, 5.74) is -1.11. The summed E-state index contributed by atoms with van der Waals surface area (Å²) < 4.78 is 26.2. The first kappa shape index (κ1) is 11.9. The number of halogens is 2. The van der Waals surface area contributed by atoms with E-state index in [-0.39, 0.29) is 11.4 Å². The maximum absolute atomic E-state index is 13.3. The zero-order chi connectivity index (χ0) is 13.3. The van der Waals surface area contributed by atoms with Crippen molar-refractivity contribution in [3.63, 3.8) is 0 Å². The molecule has 1 aromatic heterocycles. The van der Waals surface area contributed by atoms with Crippen LogP contribution in [0.3, 0.4) is 0 Å². The van der Waals surface area contributed by atoms with E-state index in [1.54, 1.807) is 0 Å². The minimum Gasteiger partial charge on any atom is -0.477 e. The lowest BCUT2D eigenvalue weighted by atomic mass is 10.1. The first-order valence-corrected chi connectivity index (χ1v) is 4.77. The molecule has 2 aromatic rings. The predicted molar refractivity (Wildman–Crippen MR) is 55.3 cm³/mol. The second kappa shape index (κ2) is 4.36. The maximum atomic E-state index is 13.3. The lowest BCUT2D eigenvalue weighted by Crippen LogP contribution is -2.05. The summed E-state index contributed by atoms with van der Waals surface area (Å²) in [5, 5.41) is 14.2. The van der Waals surface area contributed by atoms with Gasteiger partial charge in [-0.3, -0.25) is 9.89 Å². The monoisotopic (exact) mass is 252 g/mol. The summed E-state index contributed by atoms with van der Waals surface area (Å²) in [6, 6.07) is 3.37. The fourth-order valence-corrected chi connectivity index (χ4v) is 1.36. The molecule has 0 radical (unpaired) electrons. The van der Waals surface area contributed by atoms with E-state index in [4.69, 9.17) is 5.11 Å². The van der Waals surface area contributed by atoms with Crippen LogP contribution in [0.1, 0.15) is 26.5 Å². The highest BCUT2D eigenvalue weighted by Gasteiger charge is 2.19.